The molecule has 0 bridgehead atoms. The largest absolute Gasteiger partial charge is 0.497 e. The molecule has 2 saturated carbocycles. The molecule has 3 aliphatic carbocycles. The van der Waals surface area contributed by atoms with Crippen molar-refractivity contribution in [3.63, 3.8) is 0 Å². The van der Waals surface area contributed by atoms with E-state index in [4.69, 9.17) is 11.2 Å². The van der Waals surface area contributed by atoms with E-state index in [1.807, 2.05) is 0 Å². The summed E-state index contributed by atoms with van der Waals surface area (Å²) in [6.07, 6.45) is 12.1. The highest BCUT2D eigenvalue weighted by Crippen LogP contribution is 2.64. The smallest absolute Gasteiger partial charge is 0.130 e. The zero-order chi connectivity index (χ0) is 17.1. The number of hydrogen-bond acceptors (Lipinski definition) is 2. The van der Waals surface area contributed by atoms with Gasteiger partial charge in [-0.15, -0.1) is 6.42 Å². The van der Waals surface area contributed by atoms with Crippen LogP contribution in [0.15, 0.2) is 12.1 Å². The van der Waals surface area contributed by atoms with Crippen molar-refractivity contribution in [2.75, 3.05) is 7.11 Å². The van der Waals surface area contributed by atoms with Gasteiger partial charge in [0.2, 0.25) is 0 Å². The molecule has 0 heterocycles. The predicted molar refractivity (Wildman–Crippen MR) is 96.1 cm³/mol. The van der Waals surface area contributed by atoms with Crippen molar-refractivity contribution in [2.45, 2.75) is 63.9 Å². The third-order valence-corrected chi connectivity index (χ3v) is 7.63. The summed E-state index contributed by atoms with van der Waals surface area (Å²) in [6, 6.07) is 4.42. The van der Waals surface area contributed by atoms with Crippen LogP contribution in [0, 0.1) is 36.5 Å². The van der Waals surface area contributed by atoms with Crippen molar-refractivity contribution in [1.29, 1.82) is 0 Å². The monoisotopic (exact) mass is 324 g/mol. The van der Waals surface area contributed by atoms with Crippen LogP contribution in [-0.2, 0) is 6.42 Å². The summed E-state index contributed by atoms with van der Waals surface area (Å²) < 4.78 is 5.47. The average Bonchev–Trinajstić information content (AvgIpc) is 2.86. The summed E-state index contributed by atoms with van der Waals surface area (Å²) in [7, 11) is 1.75. The Balaban J connectivity index is 1.74. The van der Waals surface area contributed by atoms with Crippen molar-refractivity contribution in [2.24, 2.45) is 17.3 Å². The van der Waals surface area contributed by atoms with Crippen LogP contribution < -0.4 is 4.74 Å². The number of terminal acetylenes is 1. The molecule has 0 unspecified atom stereocenters. The Morgan fingerprint density at radius 2 is 2.04 bits per heavy atom. The van der Waals surface area contributed by atoms with Gasteiger partial charge in [0.25, 0.3) is 0 Å². The molecule has 0 aromatic heterocycles. The zero-order valence-corrected chi connectivity index (χ0v) is 15.1. The summed E-state index contributed by atoms with van der Waals surface area (Å²) in [5.74, 6) is 5.57. The lowest BCUT2D eigenvalue weighted by Gasteiger charge is -2.52. The number of ether oxygens (including phenoxy) is 1. The lowest BCUT2D eigenvalue weighted by Crippen LogP contribution is -2.50. The summed E-state index contributed by atoms with van der Waals surface area (Å²) in [4.78, 5) is 0. The van der Waals surface area contributed by atoms with Crippen LogP contribution in [0.4, 0.5) is 0 Å². The maximum Gasteiger partial charge on any atom is 0.130 e. The van der Waals surface area contributed by atoms with Gasteiger partial charge in [0.05, 0.1) is 7.11 Å². The van der Waals surface area contributed by atoms with Crippen LogP contribution >= 0.6 is 0 Å². The third-order valence-electron chi connectivity index (χ3n) is 7.63. The van der Waals surface area contributed by atoms with E-state index >= 15 is 0 Å². The fraction of sp³-hybridized carbons (Fsp3) is 0.636. The number of aryl methyl sites for hydroxylation is 2. The van der Waals surface area contributed by atoms with Crippen LogP contribution in [0.25, 0.3) is 0 Å². The van der Waals surface area contributed by atoms with E-state index < -0.39 is 5.60 Å². The van der Waals surface area contributed by atoms with Crippen LogP contribution in [0.2, 0.25) is 0 Å². The minimum Gasteiger partial charge on any atom is -0.497 e. The maximum absolute atomic E-state index is 11.0. The third kappa shape index (κ3) is 1.94. The molecule has 5 atom stereocenters. The molecule has 4 rings (SSSR count). The van der Waals surface area contributed by atoms with Gasteiger partial charge in [-0.3, -0.25) is 0 Å². The van der Waals surface area contributed by atoms with Gasteiger partial charge in [0.1, 0.15) is 11.4 Å². The van der Waals surface area contributed by atoms with Crippen molar-refractivity contribution >= 4 is 0 Å². The quantitative estimate of drug-likeness (QED) is 0.784. The van der Waals surface area contributed by atoms with Gasteiger partial charge in [0.15, 0.2) is 0 Å². The fourth-order valence-corrected chi connectivity index (χ4v) is 6.31. The molecule has 0 amide bonds. The Morgan fingerprint density at radius 3 is 2.75 bits per heavy atom. The Bertz CT molecular complexity index is 715. The SMILES string of the molecule is C#C[C@]1(O)CC[C@@H]2[C@@H]3CCc4cc(OC)cc(C)c4[C@@H]3CC[C@]21C. The number of methoxy groups -OCH3 is 1. The van der Waals surface area contributed by atoms with E-state index in [1.54, 1.807) is 12.7 Å². The van der Waals surface area contributed by atoms with Crippen molar-refractivity contribution < 1.29 is 9.84 Å². The van der Waals surface area contributed by atoms with E-state index in [-0.39, 0.29) is 5.41 Å². The van der Waals surface area contributed by atoms with Crippen molar-refractivity contribution in [1.82, 2.24) is 0 Å². The van der Waals surface area contributed by atoms with E-state index in [9.17, 15) is 5.11 Å². The summed E-state index contributed by atoms with van der Waals surface area (Å²) in [5.41, 5.74) is 3.39. The van der Waals surface area contributed by atoms with Gasteiger partial charge in [-0.25, -0.2) is 0 Å². The molecule has 1 aromatic carbocycles. The molecule has 2 fully saturated rings. The number of aliphatic hydroxyl groups is 1. The molecule has 1 aromatic rings. The first-order valence-electron chi connectivity index (χ1n) is 9.31. The van der Waals surface area contributed by atoms with Crippen LogP contribution in [0.3, 0.4) is 0 Å². The van der Waals surface area contributed by atoms with Crippen LogP contribution in [-0.4, -0.2) is 17.8 Å². The van der Waals surface area contributed by atoms with E-state index in [0.29, 0.717) is 17.8 Å². The molecule has 0 radical (unpaired) electrons. The Labute approximate surface area is 145 Å². The minimum atomic E-state index is -0.905. The fourth-order valence-electron chi connectivity index (χ4n) is 6.31. The first kappa shape index (κ1) is 16.0. The van der Waals surface area contributed by atoms with E-state index in [0.717, 1.165) is 37.9 Å². The first-order valence-corrected chi connectivity index (χ1v) is 9.31. The number of hydrogen-bond donors (Lipinski definition) is 1. The van der Waals surface area contributed by atoms with Gasteiger partial charge < -0.3 is 9.84 Å². The molecular weight excluding hydrogens is 296 g/mol. The molecule has 0 spiro atoms. The molecule has 0 saturated heterocycles. The summed E-state index contributed by atoms with van der Waals surface area (Å²) in [5, 5.41) is 11.0. The highest BCUT2D eigenvalue weighted by atomic mass is 16.5. The van der Waals surface area contributed by atoms with Crippen LogP contribution in [0.5, 0.6) is 5.75 Å². The minimum absolute atomic E-state index is 0.110. The number of benzene rings is 1. The maximum atomic E-state index is 11.0. The normalized spacial score (nSPS) is 40.2. The zero-order valence-electron chi connectivity index (χ0n) is 15.1. The number of rotatable bonds is 1. The van der Waals surface area contributed by atoms with Crippen molar-refractivity contribution in [3.8, 4) is 18.1 Å². The molecule has 2 nitrogen and oxygen atoms in total. The standard InChI is InChI=1S/C22H28O2/c1-5-22(23)11-9-19-17-7-6-15-13-16(24-4)12-14(2)20(15)18(17)8-10-21(19,22)3/h1,12-13,17-19,23H,6-11H2,2-4H3/t17-,18-,19-,21-,22+/m1/s1. The molecule has 24 heavy (non-hydrogen) atoms. The second-order valence-electron chi connectivity index (χ2n) is 8.43. The molecule has 128 valence electrons. The molecular formula is C22H28O2. The predicted octanol–water partition coefficient (Wildman–Crippen LogP) is 4.22. The van der Waals surface area contributed by atoms with Gasteiger partial charge >= 0.3 is 0 Å². The van der Waals surface area contributed by atoms with Gasteiger partial charge in [-0.2, -0.15) is 0 Å². The lowest BCUT2D eigenvalue weighted by molar-refractivity contribution is -0.0647. The van der Waals surface area contributed by atoms with E-state index in [2.05, 4.69) is 31.9 Å². The topological polar surface area (TPSA) is 29.5 Å². The first-order chi connectivity index (χ1) is 11.4. The molecule has 3 aliphatic rings. The highest BCUT2D eigenvalue weighted by molar-refractivity contribution is 5.46. The van der Waals surface area contributed by atoms with Gasteiger partial charge in [-0.1, -0.05) is 12.8 Å². The molecule has 0 aliphatic heterocycles. The number of fused-ring (bicyclic) bond motifs is 5. The Kier molecular flexibility index (Phi) is 3.52. The summed E-state index contributed by atoms with van der Waals surface area (Å²) >= 11 is 0. The highest BCUT2D eigenvalue weighted by Gasteiger charge is 2.61. The van der Waals surface area contributed by atoms with E-state index in [1.165, 1.54) is 17.5 Å². The Hall–Kier alpha value is -1.46. The molecule has 2 heteroatoms. The second-order valence-corrected chi connectivity index (χ2v) is 8.43. The van der Waals surface area contributed by atoms with Gasteiger partial charge in [-0.05, 0) is 92.0 Å². The molecule has 1 N–H and O–H groups in total. The lowest BCUT2D eigenvalue weighted by atomic mass is 9.53. The second kappa shape index (κ2) is 5.27. The Morgan fingerprint density at radius 1 is 1.25 bits per heavy atom. The van der Waals surface area contributed by atoms with Crippen molar-refractivity contribution in [3.05, 3.63) is 28.8 Å². The van der Waals surface area contributed by atoms with Crippen LogP contribution in [0.1, 0.15) is 61.6 Å². The van der Waals surface area contributed by atoms with Gasteiger partial charge in [0, 0.05) is 5.41 Å². The summed E-state index contributed by atoms with van der Waals surface area (Å²) in [6.45, 7) is 4.47. The average molecular weight is 324 g/mol.